The average Bonchev–Trinajstić information content (AvgIpc) is 3.43. The van der Waals surface area contributed by atoms with E-state index in [0.29, 0.717) is 29.1 Å². The third-order valence-electron chi connectivity index (χ3n) is 5.21. The molecule has 4 rings (SSSR count). The molecule has 3 heterocycles. The first-order valence-corrected chi connectivity index (χ1v) is 10.3. The number of rotatable bonds is 6. The second-order valence-corrected chi connectivity index (χ2v) is 7.33. The summed E-state index contributed by atoms with van der Waals surface area (Å²) in [7, 11) is 1.56. The summed E-state index contributed by atoms with van der Waals surface area (Å²) in [5.74, 6) is 2.44. The van der Waals surface area contributed by atoms with E-state index < -0.39 is 11.9 Å². The number of fused-ring (bicyclic) bond motifs is 1. The van der Waals surface area contributed by atoms with Crippen LogP contribution >= 0.6 is 0 Å². The van der Waals surface area contributed by atoms with Gasteiger partial charge in [-0.3, -0.25) is 13.9 Å². The molecule has 0 saturated carbocycles. The molecule has 0 spiro atoms. The van der Waals surface area contributed by atoms with E-state index in [1.165, 1.54) is 29.2 Å². The molecule has 1 amide bonds. The van der Waals surface area contributed by atoms with Crippen molar-refractivity contribution in [3.63, 3.8) is 0 Å². The summed E-state index contributed by atoms with van der Waals surface area (Å²) in [6.07, 6.45) is 6.77. The molecule has 0 bridgehead atoms. The molecule has 11 heteroatoms. The number of hydrogen-bond donors (Lipinski definition) is 2. The predicted molar refractivity (Wildman–Crippen MR) is 121 cm³/mol. The van der Waals surface area contributed by atoms with Crippen LogP contribution in [-0.4, -0.2) is 37.1 Å². The standard InChI is InChI=1S/C23H20F3N7O/c1-4-9-32-13-17(19(31-32)23(24,25)26)18-12-29-21-20(28-8-10-33(18)21)30-15-6-7-16(22(34)27-3)14(5-2)11-15/h1,6-8,10-13H,5,9H2,2-3H3,(H,27,34)(H,28,30). The summed E-state index contributed by atoms with van der Waals surface area (Å²) in [4.78, 5) is 20.7. The highest BCUT2D eigenvalue weighted by atomic mass is 19.4. The first kappa shape index (κ1) is 22.8. The molecule has 0 aliphatic heterocycles. The van der Waals surface area contributed by atoms with Crippen molar-refractivity contribution in [2.75, 3.05) is 12.4 Å². The van der Waals surface area contributed by atoms with Crippen LogP contribution in [0.4, 0.5) is 24.7 Å². The van der Waals surface area contributed by atoms with E-state index in [1.807, 2.05) is 13.0 Å². The van der Waals surface area contributed by atoms with Gasteiger partial charge < -0.3 is 10.6 Å². The highest BCUT2D eigenvalue weighted by molar-refractivity contribution is 5.96. The summed E-state index contributed by atoms with van der Waals surface area (Å²) in [5.41, 5.74) is 1.38. The summed E-state index contributed by atoms with van der Waals surface area (Å²) >= 11 is 0. The van der Waals surface area contributed by atoms with Crippen molar-refractivity contribution >= 4 is 23.1 Å². The molecule has 174 valence electrons. The highest BCUT2D eigenvalue weighted by Gasteiger charge is 2.38. The minimum absolute atomic E-state index is 0.0972. The number of carbonyl (C=O) groups is 1. The number of terminal acetylenes is 1. The summed E-state index contributed by atoms with van der Waals surface area (Å²) in [5, 5.41) is 9.37. The van der Waals surface area contributed by atoms with Crippen LogP contribution in [0.5, 0.6) is 0 Å². The molecule has 34 heavy (non-hydrogen) atoms. The van der Waals surface area contributed by atoms with Crippen LogP contribution in [0.15, 0.2) is 43.0 Å². The van der Waals surface area contributed by atoms with Crippen molar-refractivity contribution in [2.45, 2.75) is 26.1 Å². The summed E-state index contributed by atoms with van der Waals surface area (Å²) in [6, 6.07) is 5.25. The Morgan fingerprint density at radius 1 is 1.26 bits per heavy atom. The van der Waals surface area contributed by atoms with E-state index in [9.17, 15) is 18.0 Å². The van der Waals surface area contributed by atoms with E-state index in [2.05, 4.69) is 31.6 Å². The average molecular weight is 467 g/mol. The number of hydrogen-bond acceptors (Lipinski definition) is 5. The van der Waals surface area contributed by atoms with Crippen LogP contribution < -0.4 is 10.6 Å². The van der Waals surface area contributed by atoms with Crippen LogP contribution in [0.2, 0.25) is 0 Å². The molecule has 0 unspecified atom stereocenters. The van der Waals surface area contributed by atoms with Gasteiger partial charge >= 0.3 is 6.18 Å². The Morgan fingerprint density at radius 3 is 2.74 bits per heavy atom. The Kier molecular flexibility index (Phi) is 5.98. The van der Waals surface area contributed by atoms with E-state index in [4.69, 9.17) is 6.42 Å². The van der Waals surface area contributed by atoms with Crippen molar-refractivity contribution in [1.82, 2.24) is 29.5 Å². The zero-order valence-corrected chi connectivity index (χ0v) is 18.3. The smallest absolute Gasteiger partial charge is 0.355 e. The lowest BCUT2D eigenvalue weighted by atomic mass is 10.0. The van der Waals surface area contributed by atoms with Crippen LogP contribution in [0.25, 0.3) is 16.9 Å². The molecule has 0 aliphatic carbocycles. The summed E-state index contributed by atoms with van der Waals surface area (Å²) in [6.45, 7) is 1.84. The topological polar surface area (TPSA) is 89.1 Å². The van der Waals surface area contributed by atoms with E-state index >= 15 is 0 Å². The molecule has 0 atom stereocenters. The molecule has 0 fully saturated rings. The minimum atomic E-state index is -4.67. The van der Waals surface area contributed by atoms with Gasteiger partial charge in [0.15, 0.2) is 17.2 Å². The monoisotopic (exact) mass is 467 g/mol. The number of aryl methyl sites for hydroxylation is 1. The fourth-order valence-electron chi connectivity index (χ4n) is 3.66. The van der Waals surface area contributed by atoms with Crippen LogP contribution in [0, 0.1) is 12.3 Å². The number of amides is 1. The lowest BCUT2D eigenvalue weighted by Crippen LogP contribution is -2.19. The van der Waals surface area contributed by atoms with Gasteiger partial charge in [0.25, 0.3) is 5.91 Å². The lowest BCUT2D eigenvalue weighted by molar-refractivity contribution is -0.141. The molecule has 2 N–H and O–H groups in total. The van der Waals surface area contributed by atoms with Crippen LogP contribution in [-0.2, 0) is 19.1 Å². The molecule has 4 aromatic rings. The zero-order chi connectivity index (χ0) is 24.5. The lowest BCUT2D eigenvalue weighted by Gasteiger charge is -2.12. The highest BCUT2D eigenvalue weighted by Crippen LogP contribution is 2.36. The maximum atomic E-state index is 13.6. The van der Waals surface area contributed by atoms with Gasteiger partial charge in [-0.2, -0.15) is 18.3 Å². The first-order chi connectivity index (χ1) is 16.3. The van der Waals surface area contributed by atoms with Crippen molar-refractivity contribution in [1.29, 1.82) is 0 Å². The molecule has 1 aromatic carbocycles. The minimum Gasteiger partial charge on any atom is -0.355 e. The maximum absolute atomic E-state index is 13.6. The molecular formula is C23H20F3N7O. The quantitative estimate of drug-likeness (QED) is 0.420. The Bertz CT molecular complexity index is 1410. The number of carbonyl (C=O) groups excluding carboxylic acids is 1. The number of aromatic nitrogens is 5. The Morgan fingerprint density at radius 2 is 2.06 bits per heavy atom. The third kappa shape index (κ3) is 4.17. The van der Waals surface area contributed by atoms with Gasteiger partial charge in [-0.05, 0) is 30.2 Å². The largest absolute Gasteiger partial charge is 0.435 e. The first-order valence-electron chi connectivity index (χ1n) is 10.3. The Hall–Kier alpha value is -4.33. The maximum Gasteiger partial charge on any atom is 0.435 e. The number of nitrogens with zero attached hydrogens (tertiary/aromatic N) is 5. The normalized spacial score (nSPS) is 11.4. The zero-order valence-electron chi connectivity index (χ0n) is 18.3. The van der Waals surface area contributed by atoms with Crippen LogP contribution in [0.3, 0.4) is 0 Å². The second-order valence-electron chi connectivity index (χ2n) is 7.33. The Balaban J connectivity index is 1.76. The molecule has 0 radical (unpaired) electrons. The molecule has 0 saturated heterocycles. The fraction of sp³-hybridized carbons (Fsp3) is 0.217. The summed E-state index contributed by atoms with van der Waals surface area (Å²) < 4.78 is 43.5. The van der Waals surface area contributed by atoms with E-state index in [-0.39, 0.29) is 23.7 Å². The van der Waals surface area contributed by atoms with Crippen molar-refractivity contribution in [3.05, 3.63) is 59.8 Å². The van der Waals surface area contributed by atoms with Gasteiger partial charge in [-0.1, -0.05) is 12.8 Å². The van der Waals surface area contributed by atoms with Crippen LogP contribution in [0.1, 0.15) is 28.5 Å². The number of nitrogens with one attached hydrogen (secondary N) is 2. The van der Waals surface area contributed by atoms with Crippen molar-refractivity contribution in [2.24, 2.45) is 0 Å². The number of benzene rings is 1. The van der Waals surface area contributed by atoms with E-state index in [0.717, 1.165) is 10.2 Å². The second kappa shape index (κ2) is 8.90. The van der Waals surface area contributed by atoms with Gasteiger partial charge in [0.05, 0.1) is 17.5 Å². The SMILES string of the molecule is C#CCn1cc(-c2cnc3c(Nc4ccc(C(=O)NC)c(CC)c4)nccn23)c(C(F)(F)F)n1. The van der Waals surface area contributed by atoms with Gasteiger partial charge in [0, 0.05) is 36.9 Å². The number of halogens is 3. The van der Waals surface area contributed by atoms with Gasteiger partial charge in [-0.25, -0.2) is 9.97 Å². The van der Waals surface area contributed by atoms with Gasteiger partial charge in [-0.15, -0.1) is 6.42 Å². The van der Waals surface area contributed by atoms with Gasteiger partial charge in [0.2, 0.25) is 0 Å². The molecular weight excluding hydrogens is 447 g/mol. The molecule has 0 aliphatic rings. The van der Waals surface area contributed by atoms with Crippen molar-refractivity contribution < 1.29 is 18.0 Å². The fourth-order valence-corrected chi connectivity index (χ4v) is 3.66. The Labute approximate surface area is 192 Å². The molecule has 8 nitrogen and oxygen atoms in total. The predicted octanol–water partition coefficient (Wildman–Crippen LogP) is 3.91. The number of imidazole rings is 1. The number of anilines is 2. The van der Waals surface area contributed by atoms with E-state index in [1.54, 1.807) is 19.2 Å². The number of alkyl halides is 3. The van der Waals surface area contributed by atoms with Crippen molar-refractivity contribution in [3.8, 4) is 23.6 Å². The molecule has 3 aromatic heterocycles. The third-order valence-corrected chi connectivity index (χ3v) is 5.21. The van der Waals surface area contributed by atoms with Gasteiger partial charge in [0.1, 0.15) is 6.54 Å².